The van der Waals surface area contributed by atoms with Gasteiger partial charge < -0.3 is 15.3 Å². The number of hydrogen-bond donors (Lipinski definition) is 2. The molecule has 0 bridgehead atoms. The summed E-state index contributed by atoms with van der Waals surface area (Å²) >= 11 is 1.42. The quantitative estimate of drug-likeness (QED) is 0.880. The Kier molecular flexibility index (Phi) is 5.14. The molecule has 3 rings (SSSR count). The second-order valence-corrected chi connectivity index (χ2v) is 6.72. The van der Waals surface area contributed by atoms with Gasteiger partial charge in [0.2, 0.25) is 0 Å². The van der Waals surface area contributed by atoms with Crippen molar-refractivity contribution in [3.63, 3.8) is 0 Å². The summed E-state index contributed by atoms with van der Waals surface area (Å²) in [6.07, 6.45) is 1.24. The van der Waals surface area contributed by atoms with E-state index in [1.807, 2.05) is 5.38 Å². The first-order valence-electron chi connectivity index (χ1n) is 8.01. The number of nitrogens with zero attached hydrogens (tertiary/aromatic N) is 1. The van der Waals surface area contributed by atoms with Crippen molar-refractivity contribution in [1.82, 2.24) is 4.90 Å². The minimum atomic E-state index is -0.878. The van der Waals surface area contributed by atoms with Gasteiger partial charge >= 0.3 is 5.97 Å². The predicted octanol–water partition coefficient (Wildman–Crippen LogP) is 2.94. The molecule has 0 spiro atoms. The maximum Gasteiger partial charge on any atom is 0.308 e. The van der Waals surface area contributed by atoms with Crippen LogP contribution in [-0.4, -0.2) is 40.9 Å². The first kappa shape index (κ1) is 17.2. The molecule has 2 amide bonds. The van der Waals surface area contributed by atoms with Crippen molar-refractivity contribution in [2.24, 2.45) is 5.92 Å². The number of piperidine rings is 1. The minimum Gasteiger partial charge on any atom is -0.481 e. The average Bonchev–Trinajstić information content (AvgIpc) is 3.16. The lowest BCUT2D eigenvalue weighted by Gasteiger charge is -2.31. The van der Waals surface area contributed by atoms with Crippen LogP contribution in [0.4, 0.5) is 5.69 Å². The zero-order valence-corrected chi connectivity index (χ0v) is 14.3. The highest BCUT2D eigenvalue weighted by atomic mass is 32.1. The summed E-state index contributed by atoms with van der Waals surface area (Å²) in [5, 5.41) is 15.5. The van der Waals surface area contributed by atoms with E-state index in [0.29, 0.717) is 36.2 Å². The number of hydrogen-bond acceptors (Lipinski definition) is 4. The molecule has 1 aromatic heterocycles. The van der Waals surface area contributed by atoms with Crippen LogP contribution in [0.3, 0.4) is 0 Å². The molecule has 1 atom stereocenters. The highest BCUT2D eigenvalue weighted by Gasteiger charge is 2.29. The maximum absolute atomic E-state index is 12.8. The number of thiophene rings is 1. The summed E-state index contributed by atoms with van der Waals surface area (Å²) in [6, 6.07) is 8.51. The number of rotatable bonds is 4. The standard InChI is InChI=1S/C18H18N2O4S/c21-16(13-7-9-25-11-13)19-15-6-2-1-5-14(15)17(22)20-8-3-4-12(10-20)18(23)24/h1-2,5-7,9,11-12H,3-4,8,10H2,(H,19,21)(H,23,24). The van der Waals surface area contributed by atoms with E-state index in [4.69, 9.17) is 0 Å². The van der Waals surface area contributed by atoms with Crippen LogP contribution in [0.15, 0.2) is 41.1 Å². The van der Waals surface area contributed by atoms with E-state index < -0.39 is 11.9 Å². The number of para-hydroxylation sites is 1. The van der Waals surface area contributed by atoms with Crippen LogP contribution >= 0.6 is 11.3 Å². The van der Waals surface area contributed by atoms with Crippen LogP contribution in [0.2, 0.25) is 0 Å². The smallest absolute Gasteiger partial charge is 0.308 e. The third kappa shape index (κ3) is 3.88. The van der Waals surface area contributed by atoms with E-state index in [1.165, 1.54) is 11.3 Å². The largest absolute Gasteiger partial charge is 0.481 e. The fraction of sp³-hybridized carbons (Fsp3) is 0.278. The molecule has 1 aliphatic rings. The van der Waals surface area contributed by atoms with Crippen LogP contribution in [0, 0.1) is 5.92 Å². The average molecular weight is 358 g/mol. The van der Waals surface area contributed by atoms with Crippen molar-refractivity contribution in [1.29, 1.82) is 0 Å². The summed E-state index contributed by atoms with van der Waals surface area (Å²) in [7, 11) is 0. The molecular weight excluding hydrogens is 340 g/mol. The number of anilines is 1. The fourth-order valence-corrected chi connectivity index (χ4v) is 3.54. The number of carboxylic acids is 1. The molecule has 0 aliphatic carbocycles. The minimum absolute atomic E-state index is 0.195. The second-order valence-electron chi connectivity index (χ2n) is 5.94. The van der Waals surface area contributed by atoms with Gasteiger partial charge in [0, 0.05) is 18.5 Å². The summed E-state index contributed by atoms with van der Waals surface area (Å²) < 4.78 is 0. The Labute approximate surface area is 149 Å². The van der Waals surface area contributed by atoms with Crippen LogP contribution < -0.4 is 5.32 Å². The molecule has 1 saturated heterocycles. The van der Waals surface area contributed by atoms with Gasteiger partial charge in [0.25, 0.3) is 11.8 Å². The van der Waals surface area contributed by atoms with E-state index in [9.17, 15) is 19.5 Å². The number of aliphatic carboxylic acids is 1. The summed E-state index contributed by atoms with van der Waals surface area (Å²) in [4.78, 5) is 37.9. The molecule has 6 nitrogen and oxygen atoms in total. The van der Waals surface area contributed by atoms with Crippen molar-refractivity contribution >= 4 is 34.8 Å². The highest BCUT2D eigenvalue weighted by Crippen LogP contribution is 2.23. The Morgan fingerprint density at radius 1 is 1.20 bits per heavy atom. The summed E-state index contributed by atoms with van der Waals surface area (Å²) in [5.74, 6) is -1.95. The van der Waals surface area contributed by atoms with Gasteiger partial charge in [-0.2, -0.15) is 11.3 Å². The predicted molar refractivity (Wildman–Crippen MR) is 95.0 cm³/mol. The fourth-order valence-electron chi connectivity index (χ4n) is 2.90. The molecular formula is C18H18N2O4S. The number of likely N-dealkylation sites (tertiary alicyclic amines) is 1. The Bertz CT molecular complexity index is 788. The number of nitrogens with one attached hydrogen (secondary N) is 1. The molecule has 130 valence electrons. The van der Waals surface area contributed by atoms with Crippen LogP contribution in [0.5, 0.6) is 0 Å². The first-order valence-corrected chi connectivity index (χ1v) is 8.95. The van der Waals surface area contributed by atoms with Crippen molar-refractivity contribution < 1.29 is 19.5 Å². The number of carboxylic acid groups (broad SMARTS) is 1. The molecule has 7 heteroatoms. The summed E-state index contributed by atoms with van der Waals surface area (Å²) in [5.41, 5.74) is 1.34. The normalized spacial score (nSPS) is 17.1. The lowest BCUT2D eigenvalue weighted by Crippen LogP contribution is -2.42. The highest BCUT2D eigenvalue weighted by molar-refractivity contribution is 7.08. The van der Waals surface area contributed by atoms with E-state index in [-0.39, 0.29) is 18.4 Å². The van der Waals surface area contributed by atoms with Crippen molar-refractivity contribution in [2.45, 2.75) is 12.8 Å². The van der Waals surface area contributed by atoms with Crippen LogP contribution in [-0.2, 0) is 4.79 Å². The summed E-state index contributed by atoms with van der Waals surface area (Å²) in [6.45, 7) is 0.719. The lowest BCUT2D eigenvalue weighted by molar-refractivity contribution is -0.143. The van der Waals surface area contributed by atoms with Gasteiger partial charge in [-0.1, -0.05) is 12.1 Å². The first-order chi connectivity index (χ1) is 12.1. The third-order valence-corrected chi connectivity index (χ3v) is 4.93. The second kappa shape index (κ2) is 7.48. The van der Waals surface area contributed by atoms with Gasteiger partial charge in [-0.05, 0) is 36.4 Å². The molecule has 1 aromatic carbocycles. The Balaban J connectivity index is 1.79. The van der Waals surface area contributed by atoms with Crippen LogP contribution in [0.1, 0.15) is 33.6 Å². The number of carbonyl (C=O) groups excluding carboxylic acids is 2. The molecule has 25 heavy (non-hydrogen) atoms. The number of benzene rings is 1. The van der Waals surface area contributed by atoms with Crippen LogP contribution in [0.25, 0.3) is 0 Å². The molecule has 1 aliphatic heterocycles. The van der Waals surface area contributed by atoms with Gasteiger partial charge in [0.05, 0.1) is 22.7 Å². The van der Waals surface area contributed by atoms with E-state index >= 15 is 0 Å². The van der Waals surface area contributed by atoms with Gasteiger partial charge in [-0.3, -0.25) is 14.4 Å². The molecule has 1 fully saturated rings. The van der Waals surface area contributed by atoms with Crippen molar-refractivity contribution in [3.05, 3.63) is 52.2 Å². The topological polar surface area (TPSA) is 86.7 Å². The van der Waals surface area contributed by atoms with Gasteiger partial charge in [-0.15, -0.1) is 0 Å². The third-order valence-electron chi connectivity index (χ3n) is 4.25. The lowest BCUT2D eigenvalue weighted by atomic mass is 9.97. The maximum atomic E-state index is 12.8. The van der Waals surface area contributed by atoms with Gasteiger partial charge in [0.1, 0.15) is 0 Å². The number of carbonyl (C=O) groups is 3. The molecule has 2 heterocycles. The van der Waals surface area contributed by atoms with E-state index in [2.05, 4.69) is 5.32 Å². The SMILES string of the molecule is O=C(Nc1ccccc1C(=O)N1CCCC(C(=O)O)C1)c1ccsc1. The monoisotopic (exact) mass is 358 g/mol. The van der Waals surface area contributed by atoms with E-state index in [1.54, 1.807) is 40.6 Å². The van der Waals surface area contributed by atoms with Crippen molar-refractivity contribution in [3.8, 4) is 0 Å². The Morgan fingerprint density at radius 3 is 2.72 bits per heavy atom. The molecule has 0 radical (unpaired) electrons. The zero-order valence-electron chi connectivity index (χ0n) is 13.5. The Hall–Kier alpha value is -2.67. The van der Waals surface area contributed by atoms with E-state index in [0.717, 1.165) is 0 Å². The Morgan fingerprint density at radius 2 is 2.00 bits per heavy atom. The van der Waals surface area contributed by atoms with Crippen molar-refractivity contribution in [2.75, 3.05) is 18.4 Å². The van der Waals surface area contributed by atoms with Gasteiger partial charge in [0.15, 0.2) is 0 Å². The molecule has 2 aromatic rings. The zero-order chi connectivity index (χ0) is 17.8. The molecule has 0 saturated carbocycles. The molecule has 2 N–H and O–H groups in total. The number of amides is 2. The van der Waals surface area contributed by atoms with Gasteiger partial charge in [-0.25, -0.2) is 0 Å². The molecule has 1 unspecified atom stereocenters.